The fourth-order valence-corrected chi connectivity index (χ4v) is 6.16. The minimum absolute atomic E-state index is 0.0417. The van der Waals surface area contributed by atoms with E-state index in [0.29, 0.717) is 43.8 Å². The quantitative estimate of drug-likeness (QED) is 0.207. The molecule has 1 fully saturated rings. The number of alkyl halides is 3. The van der Waals surface area contributed by atoms with E-state index in [2.05, 4.69) is 9.71 Å². The van der Waals surface area contributed by atoms with Crippen LogP contribution in [-0.2, 0) is 36.9 Å². The Morgan fingerprint density at radius 3 is 2.37 bits per heavy atom. The maximum Gasteiger partial charge on any atom is 0.417 e. The van der Waals surface area contributed by atoms with Gasteiger partial charge in [-0.3, -0.25) is 9.52 Å². The molecule has 2 unspecified atom stereocenters. The van der Waals surface area contributed by atoms with Gasteiger partial charge in [-0.05, 0) is 61.1 Å². The molecule has 2 atom stereocenters. The second kappa shape index (κ2) is 12.7. The molecule has 0 bridgehead atoms. The molecule has 0 aliphatic carbocycles. The van der Waals surface area contributed by atoms with E-state index in [0.717, 1.165) is 11.6 Å². The van der Waals surface area contributed by atoms with Crippen molar-refractivity contribution in [1.82, 2.24) is 4.98 Å². The van der Waals surface area contributed by atoms with Gasteiger partial charge in [0.1, 0.15) is 5.60 Å². The van der Waals surface area contributed by atoms with Crippen LogP contribution in [0.3, 0.4) is 0 Å². The molecule has 0 saturated carbocycles. The van der Waals surface area contributed by atoms with Gasteiger partial charge in [0.25, 0.3) is 10.0 Å². The third kappa shape index (κ3) is 7.35. The first kappa shape index (κ1) is 32.0. The molecular formula is C31H34F3N3O5S. The fraction of sp³-hybridized carbons (Fsp3) is 0.387. The Morgan fingerprint density at radius 2 is 1.79 bits per heavy atom. The number of rotatable bonds is 11. The fourth-order valence-electron chi connectivity index (χ4n) is 5.18. The number of cyclic esters (lactones) is 1. The highest BCUT2D eigenvalue weighted by atomic mass is 32.2. The van der Waals surface area contributed by atoms with E-state index >= 15 is 0 Å². The van der Waals surface area contributed by atoms with E-state index < -0.39 is 44.4 Å². The number of aryl methyl sites for hydroxylation is 1. The minimum atomic E-state index is -4.66. The molecule has 4 rings (SSSR count). The number of aromatic nitrogens is 1. The number of nitrogens with zero attached hydrogens (tertiary/aromatic N) is 2. The third-order valence-electron chi connectivity index (χ3n) is 7.58. The smallest absolute Gasteiger partial charge is 0.417 e. The van der Waals surface area contributed by atoms with Crippen LogP contribution >= 0.6 is 0 Å². The van der Waals surface area contributed by atoms with Crippen molar-refractivity contribution >= 4 is 33.2 Å². The summed E-state index contributed by atoms with van der Waals surface area (Å²) in [5.74, 6) is -1.06. The maximum atomic E-state index is 13.7. The van der Waals surface area contributed by atoms with Crippen LogP contribution in [0.5, 0.6) is 0 Å². The second-order valence-electron chi connectivity index (χ2n) is 10.9. The molecule has 1 N–H and O–H groups in total. The van der Waals surface area contributed by atoms with Gasteiger partial charge in [0.05, 0.1) is 11.3 Å². The number of ketones is 1. The lowest BCUT2D eigenvalue weighted by molar-refractivity contribution is -0.179. The zero-order valence-electron chi connectivity index (χ0n) is 24.1. The first-order chi connectivity index (χ1) is 20.3. The summed E-state index contributed by atoms with van der Waals surface area (Å²) in [6.07, 6.45) is -2.47. The number of hydrogen-bond donors (Lipinski definition) is 1. The molecule has 230 valence electrons. The molecule has 3 aromatic rings. The molecule has 0 amide bonds. The van der Waals surface area contributed by atoms with Crippen LogP contribution in [-0.4, -0.2) is 43.3 Å². The molecular weight excluding hydrogens is 583 g/mol. The van der Waals surface area contributed by atoms with E-state index in [4.69, 9.17) is 4.74 Å². The van der Waals surface area contributed by atoms with Crippen LogP contribution in [0.25, 0.3) is 0 Å². The molecule has 1 aromatic heterocycles. The molecule has 1 aliphatic heterocycles. The second-order valence-corrected chi connectivity index (χ2v) is 12.5. The lowest BCUT2D eigenvalue weighted by atomic mass is 9.77. The number of benzene rings is 2. The predicted octanol–water partition coefficient (Wildman–Crippen LogP) is 6.03. The average molecular weight is 618 g/mol. The first-order valence-corrected chi connectivity index (χ1v) is 15.5. The van der Waals surface area contributed by atoms with Crippen LogP contribution < -0.4 is 9.62 Å². The topological polar surface area (TPSA) is 106 Å². The van der Waals surface area contributed by atoms with Crippen molar-refractivity contribution in [2.45, 2.75) is 69.3 Å². The van der Waals surface area contributed by atoms with Gasteiger partial charge in [-0.2, -0.15) is 21.6 Å². The highest BCUT2D eigenvalue weighted by Gasteiger charge is 2.50. The van der Waals surface area contributed by atoms with Gasteiger partial charge in [0, 0.05) is 24.8 Å². The number of anilines is 2. The van der Waals surface area contributed by atoms with Crippen molar-refractivity contribution < 1.29 is 35.9 Å². The van der Waals surface area contributed by atoms with Crippen LogP contribution in [0, 0.1) is 5.92 Å². The van der Waals surface area contributed by atoms with Crippen molar-refractivity contribution in [3.05, 3.63) is 84.1 Å². The van der Waals surface area contributed by atoms with E-state index in [9.17, 15) is 31.2 Å². The zero-order chi connectivity index (χ0) is 31.4. The summed E-state index contributed by atoms with van der Waals surface area (Å²) in [5.41, 5.74) is -0.471. The van der Waals surface area contributed by atoms with Crippen molar-refractivity contribution in [2.24, 2.45) is 5.92 Å². The number of pyridine rings is 1. The molecule has 0 radical (unpaired) electrons. The monoisotopic (exact) mass is 617 g/mol. The van der Waals surface area contributed by atoms with Crippen LogP contribution in [0.4, 0.5) is 24.5 Å². The lowest BCUT2D eigenvalue weighted by Gasteiger charge is -2.44. The summed E-state index contributed by atoms with van der Waals surface area (Å²) in [5, 5.41) is -0.595. The van der Waals surface area contributed by atoms with E-state index in [-0.39, 0.29) is 23.8 Å². The Balaban J connectivity index is 1.56. The molecule has 1 aliphatic rings. The standard InChI is InChI=1S/C31H34F3N3O5S/c1-4-17-37(28-26(38)19-30(21(2)3,42-29(28)39)16-15-22-9-6-5-7-10-22)25-12-8-11-24(18-25)36-43(40,41)27-14-13-23(20-35-27)31(32,33)34/h5-14,18,20-21,28,36H,4,15-17,19H2,1-3H3. The van der Waals surface area contributed by atoms with Gasteiger partial charge in [0.15, 0.2) is 16.9 Å². The van der Waals surface area contributed by atoms with Crippen molar-refractivity contribution in [1.29, 1.82) is 0 Å². The normalized spacial score (nSPS) is 19.3. The highest BCUT2D eigenvalue weighted by molar-refractivity contribution is 7.92. The summed E-state index contributed by atoms with van der Waals surface area (Å²) in [6.45, 7) is 6.04. The summed E-state index contributed by atoms with van der Waals surface area (Å²) in [7, 11) is -4.34. The van der Waals surface area contributed by atoms with Gasteiger partial charge in [-0.1, -0.05) is 57.2 Å². The van der Waals surface area contributed by atoms with E-state index in [1.165, 1.54) is 12.1 Å². The Labute approximate surface area is 249 Å². The van der Waals surface area contributed by atoms with Gasteiger partial charge < -0.3 is 9.64 Å². The number of nitrogens with one attached hydrogen (secondary N) is 1. The molecule has 43 heavy (non-hydrogen) atoms. The minimum Gasteiger partial charge on any atom is -0.456 e. The molecule has 1 saturated heterocycles. The molecule has 12 heteroatoms. The van der Waals surface area contributed by atoms with Crippen LogP contribution in [0.2, 0.25) is 0 Å². The summed E-state index contributed by atoms with van der Waals surface area (Å²) >= 11 is 0. The first-order valence-electron chi connectivity index (χ1n) is 14.0. The zero-order valence-corrected chi connectivity index (χ0v) is 24.9. The Bertz CT molecular complexity index is 1530. The number of esters is 1. The number of sulfonamides is 1. The average Bonchev–Trinajstić information content (AvgIpc) is 2.95. The number of hydrogen-bond acceptors (Lipinski definition) is 7. The number of carbonyl (C=O) groups is 2. The number of halogens is 3. The van der Waals surface area contributed by atoms with Crippen LogP contribution in [0.1, 0.15) is 51.2 Å². The van der Waals surface area contributed by atoms with Gasteiger partial charge in [0.2, 0.25) is 0 Å². The predicted molar refractivity (Wildman–Crippen MR) is 156 cm³/mol. The number of carbonyl (C=O) groups excluding carboxylic acids is 2. The van der Waals surface area contributed by atoms with Crippen molar-refractivity contribution in [3.8, 4) is 0 Å². The lowest BCUT2D eigenvalue weighted by Crippen LogP contribution is -2.59. The SMILES string of the molecule is CCCN(c1cccc(NS(=O)(=O)c2ccc(C(F)(F)F)cn2)c1)C1C(=O)CC(CCc2ccccc2)(C(C)C)OC1=O. The molecule has 8 nitrogen and oxygen atoms in total. The molecule has 0 spiro atoms. The maximum absolute atomic E-state index is 13.7. The molecule has 2 heterocycles. The van der Waals surface area contributed by atoms with Gasteiger partial charge >= 0.3 is 12.1 Å². The van der Waals surface area contributed by atoms with Gasteiger partial charge in [-0.15, -0.1) is 0 Å². The third-order valence-corrected chi connectivity index (χ3v) is 8.88. The van der Waals surface area contributed by atoms with Gasteiger partial charge in [-0.25, -0.2) is 9.78 Å². The summed E-state index contributed by atoms with van der Waals surface area (Å²) in [6, 6.07) is 16.0. The van der Waals surface area contributed by atoms with Crippen molar-refractivity contribution in [3.63, 3.8) is 0 Å². The van der Waals surface area contributed by atoms with Crippen molar-refractivity contribution in [2.75, 3.05) is 16.2 Å². The largest absolute Gasteiger partial charge is 0.456 e. The number of ether oxygens (including phenoxy) is 1. The highest BCUT2D eigenvalue weighted by Crippen LogP contribution is 2.38. The van der Waals surface area contributed by atoms with E-state index in [1.54, 1.807) is 17.0 Å². The van der Waals surface area contributed by atoms with E-state index in [1.807, 2.05) is 51.1 Å². The Hall–Kier alpha value is -3.93. The van der Waals surface area contributed by atoms with Crippen LogP contribution in [0.15, 0.2) is 78.0 Å². The Kier molecular flexibility index (Phi) is 9.48. The Morgan fingerprint density at radius 1 is 1.07 bits per heavy atom. The molecule has 2 aromatic carbocycles. The summed E-state index contributed by atoms with van der Waals surface area (Å²) < 4.78 is 72.8. The number of Topliss-reactive ketones (excluding diaryl/α,β-unsaturated/α-hetero) is 1. The summed E-state index contributed by atoms with van der Waals surface area (Å²) in [4.78, 5) is 32.3.